The number of rotatable bonds is 4. The molecule has 0 atom stereocenters. The third-order valence-corrected chi connectivity index (χ3v) is 2.39. The highest BCUT2D eigenvalue weighted by molar-refractivity contribution is 6.17. The van der Waals surface area contributed by atoms with Crippen molar-refractivity contribution in [2.45, 2.75) is 0 Å². The molecule has 1 heterocycles. The number of benzene rings is 1. The van der Waals surface area contributed by atoms with Crippen molar-refractivity contribution in [3.63, 3.8) is 0 Å². The average molecular weight is 265 g/mol. The number of amides is 2. The molecule has 7 heteroatoms. The predicted octanol–water partition coefficient (Wildman–Crippen LogP) is 0.0398. The van der Waals surface area contributed by atoms with Crippen molar-refractivity contribution < 1.29 is 29.0 Å². The zero-order chi connectivity index (χ0) is 13.8. The van der Waals surface area contributed by atoms with Gasteiger partial charge >= 0.3 is 5.97 Å². The number of carboxylic acid groups (broad SMARTS) is 1. The lowest BCUT2D eigenvalue weighted by Crippen LogP contribution is -2.46. The van der Waals surface area contributed by atoms with Gasteiger partial charge in [-0.15, -0.1) is 0 Å². The van der Waals surface area contributed by atoms with E-state index in [4.69, 9.17) is 14.6 Å². The summed E-state index contributed by atoms with van der Waals surface area (Å²) in [5, 5.41) is 8.52. The Kier molecular flexibility index (Phi) is 3.76. The van der Waals surface area contributed by atoms with E-state index in [9.17, 15) is 14.4 Å². The summed E-state index contributed by atoms with van der Waals surface area (Å²) < 4.78 is 9.79. The Hall–Kier alpha value is -2.41. The first-order chi connectivity index (χ1) is 9.08. The molecular weight excluding hydrogens is 254 g/mol. The first-order valence-electron chi connectivity index (χ1n) is 5.46. The van der Waals surface area contributed by atoms with E-state index < -0.39 is 24.4 Å². The maximum atomic E-state index is 11.6. The Morgan fingerprint density at radius 2 is 2.00 bits per heavy atom. The molecule has 7 nitrogen and oxygen atoms in total. The highest BCUT2D eigenvalue weighted by Gasteiger charge is 2.28. The summed E-state index contributed by atoms with van der Waals surface area (Å²) in [6, 6.07) is 6.11. The molecule has 1 saturated heterocycles. The standard InChI is InChI=1S/C12H11NO6/c14-10-5-18-6-11(15)13(10)8-2-1-3-9(4-8)19-7-12(16)17/h1-4H,5-7H2,(H,16,17). The molecule has 1 aromatic rings. The van der Waals surface area contributed by atoms with Crippen LogP contribution in [-0.2, 0) is 19.1 Å². The van der Waals surface area contributed by atoms with Crippen LogP contribution in [0.3, 0.4) is 0 Å². The molecule has 1 aromatic carbocycles. The number of morpholine rings is 1. The maximum absolute atomic E-state index is 11.6. The van der Waals surface area contributed by atoms with Crippen LogP contribution in [0.2, 0.25) is 0 Å². The molecule has 0 aromatic heterocycles. The molecule has 0 bridgehead atoms. The van der Waals surface area contributed by atoms with E-state index in [1.807, 2.05) is 0 Å². The summed E-state index contributed by atoms with van der Waals surface area (Å²) in [7, 11) is 0. The van der Waals surface area contributed by atoms with Gasteiger partial charge < -0.3 is 14.6 Å². The minimum Gasteiger partial charge on any atom is -0.482 e. The van der Waals surface area contributed by atoms with Gasteiger partial charge in [0.1, 0.15) is 19.0 Å². The second kappa shape index (κ2) is 5.49. The Morgan fingerprint density at radius 1 is 1.32 bits per heavy atom. The largest absolute Gasteiger partial charge is 0.482 e. The Morgan fingerprint density at radius 3 is 2.63 bits per heavy atom. The molecule has 1 fully saturated rings. The molecule has 0 aliphatic carbocycles. The fourth-order valence-electron chi connectivity index (χ4n) is 1.64. The van der Waals surface area contributed by atoms with Crippen LogP contribution < -0.4 is 9.64 Å². The average Bonchev–Trinajstić information content (AvgIpc) is 2.37. The van der Waals surface area contributed by atoms with Crippen LogP contribution in [0, 0.1) is 0 Å². The van der Waals surface area contributed by atoms with Crippen LogP contribution >= 0.6 is 0 Å². The number of nitrogens with zero attached hydrogens (tertiary/aromatic N) is 1. The minimum atomic E-state index is -1.11. The zero-order valence-corrected chi connectivity index (χ0v) is 9.87. The summed E-state index contributed by atoms with van der Waals surface area (Å²) in [5.74, 6) is -1.77. The number of hydrogen-bond acceptors (Lipinski definition) is 5. The monoisotopic (exact) mass is 265 g/mol. The van der Waals surface area contributed by atoms with Crippen molar-refractivity contribution in [1.82, 2.24) is 0 Å². The van der Waals surface area contributed by atoms with Gasteiger partial charge in [0.25, 0.3) is 11.8 Å². The number of aliphatic carboxylic acids is 1. The van der Waals surface area contributed by atoms with Crippen LogP contribution in [0.1, 0.15) is 0 Å². The van der Waals surface area contributed by atoms with Gasteiger partial charge in [-0.2, -0.15) is 0 Å². The third kappa shape index (κ3) is 3.08. The SMILES string of the molecule is O=C(O)COc1cccc(N2C(=O)COCC2=O)c1. The first-order valence-corrected chi connectivity index (χ1v) is 5.46. The molecule has 100 valence electrons. The van der Waals surface area contributed by atoms with Gasteiger partial charge in [0.2, 0.25) is 0 Å². The molecule has 0 saturated carbocycles. The van der Waals surface area contributed by atoms with Crippen molar-refractivity contribution in [2.75, 3.05) is 24.7 Å². The first kappa shape index (κ1) is 13.0. The Labute approximate surface area is 108 Å². The maximum Gasteiger partial charge on any atom is 0.341 e. The van der Waals surface area contributed by atoms with Gasteiger partial charge in [0.15, 0.2) is 6.61 Å². The lowest BCUT2D eigenvalue weighted by Gasteiger charge is -2.25. The molecule has 19 heavy (non-hydrogen) atoms. The van der Waals surface area contributed by atoms with Crippen molar-refractivity contribution in [3.8, 4) is 5.75 Å². The van der Waals surface area contributed by atoms with Gasteiger partial charge in [-0.25, -0.2) is 9.69 Å². The quantitative estimate of drug-likeness (QED) is 0.772. The van der Waals surface area contributed by atoms with Crippen molar-refractivity contribution >= 4 is 23.5 Å². The number of carboxylic acids is 1. The summed E-state index contributed by atoms with van der Waals surface area (Å²) >= 11 is 0. The van der Waals surface area contributed by atoms with Gasteiger partial charge in [-0.1, -0.05) is 6.07 Å². The van der Waals surface area contributed by atoms with E-state index in [2.05, 4.69) is 0 Å². The molecular formula is C12H11NO6. The minimum absolute atomic E-state index is 0.161. The van der Waals surface area contributed by atoms with E-state index >= 15 is 0 Å². The molecule has 0 spiro atoms. The van der Waals surface area contributed by atoms with E-state index in [0.29, 0.717) is 5.69 Å². The summed E-state index contributed by atoms with van der Waals surface area (Å²) in [6.07, 6.45) is 0. The molecule has 1 aliphatic heterocycles. The molecule has 0 radical (unpaired) electrons. The summed E-state index contributed by atoms with van der Waals surface area (Å²) in [5.41, 5.74) is 0.334. The van der Waals surface area contributed by atoms with Crippen LogP contribution in [0.15, 0.2) is 24.3 Å². The normalized spacial score (nSPS) is 15.5. The Balaban J connectivity index is 2.19. The fraction of sp³-hybridized carbons (Fsp3) is 0.250. The highest BCUT2D eigenvalue weighted by Crippen LogP contribution is 2.23. The van der Waals surface area contributed by atoms with Crippen LogP contribution in [-0.4, -0.2) is 42.7 Å². The smallest absolute Gasteiger partial charge is 0.341 e. The lowest BCUT2D eigenvalue weighted by molar-refractivity contribution is -0.140. The van der Waals surface area contributed by atoms with Crippen molar-refractivity contribution in [3.05, 3.63) is 24.3 Å². The van der Waals surface area contributed by atoms with Crippen molar-refractivity contribution in [1.29, 1.82) is 0 Å². The summed E-state index contributed by atoms with van der Waals surface area (Å²) in [4.78, 5) is 34.7. The van der Waals surface area contributed by atoms with E-state index in [-0.39, 0.29) is 19.0 Å². The van der Waals surface area contributed by atoms with E-state index in [1.165, 1.54) is 6.07 Å². The second-order valence-corrected chi connectivity index (χ2v) is 3.80. The zero-order valence-electron chi connectivity index (χ0n) is 9.87. The van der Waals surface area contributed by atoms with Gasteiger partial charge in [0.05, 0.1) is 5.69 Å². The summed E-state index contributed by atoms with van der Waals surface area (Å²) in [6.45, 7) is -0.813. The van der Waals surface area contributed by atoms with Gasteiger partial charge in [0, 0.05) is 6.07 Å². The molecule has 0 unspecified atom stereocenters. The Bertz CT molecular complexity index is 511. The number of carbonyl (C=O) groups is 3. The number of ether oxygens (including phenoxy) is 2. The fourth-order valence-corrected chi connectivity index (χ4v) is 1.64. The highest BCUT2D eigenvalue weighted by atomic mass is 16.5. The molecule has 2 amide bonds. The van der Waals surface area contributed by atoms with Crippen LogP contribution in [0.4, 0.5) is 5.69 Å². The number of anilines is 1. The number of imide groups is 1. The van der Waals surface area contributed by atoms with Gasteiger partial charge in [-0.05, 0) is 12.1 Å². The number of hydrogen-bond donors (Lipinski definition) is 1. The number of carbonyl (C=O) groups excluding carboxylic acids is 2. The molecule has 2 rings (SSSR count). The van der Waals surface area contributed by atoms with Crippen LogP contribution in [0.5, 0.6) is 5.75 Å². The lowest BCUT2D eigenvalue weighted by atomic mass is 10.2. The third-order valence-electron chi connectivity index (χ3n) is 2.39. The van der Waals surface area contributed by atoms with E-state index in [1.54, 1.807) is 18.2 Å². The molecule has 1 aliphatic rings. The predicted molar refractivity (Wildman–Crippen MR) is 62.9 cm³/mol. The van der Waals surface area contributed by atoms with Gasteiger partial charge in [-0.3, -0.25) is 9.59 Å². The molecule has 1 N–H and O–H groups in total. The topological polar surface area (TPSA) is 93.1 Å². The van der Waals surface area contributed by atoms with Crippen LogP contribution in [0.25, 0.3) is 0 Å². The van der Waals surface area contributed by atoms with Crippen molar-refractivity contribution in [2.24, 2.45) is 0 Å². The second-order valence-electron chi connectivity index (χ2n) is 3.80. The van der Waals surface area contributed by atoms with E-state index in [0.717, 1.165) is 4.90 Å².